The first-order valence-corrected chi connectivity index (χ1v) is 10.5. The van der Waals surface area contributed by atoms with Gasteiger partial charge < -0.3 is 9.52 Å². The van der Waals surface area contributed by atoms with E-state index in [1.165, 1.54) is 39.7 Å². The van der Waals surface area contributed by atoms with Crippen LogP contribution in [0.2, 0.25) is 0 Å². The average Bonchev–Trinajstić information content (AvgIpc) is 3.21. The van der Waals surface area contributed by atoms with Crippen molar-refractivity contribution in [3.8, 4) is 0 Å². The fourth-order valence-corrected chi connectivity index (χ4v) is 4.97. The van der Waals surface area contributed by atoms with Crippen LogP contribution in [0.25, 0.3) is 0 Å². The van der Waals surface area contributed by atoms with Crippen molar-refractivity contribution in [3.63, 3.8) is 0 Å². The van der Waals surface area contributed by atoms with Crippen LogP contribution in [0.5, 0.6) is 0 Å². The highest BCUT2D eigenvalue weighted by Gasteiger charge is 2.29. The number of sulfonamides is 1. The molecule has 1 amide bonds. The molecule has 1 N–H and O–H groups in total. The van der Waals surface area contributed by atoms with Crippen LogP contribution >= 0.6 is 0 Å². The highest BCUT2D eigenvalue weighted by atomic mass is 32.2. The van der Waals surface area contributed by atoms with Crippen LogP contribution < -0.4 is 4.90 Å². The fraction of sp³-hybridized carbons (Fsp3) is 0.421. The minimum Gasteiger partial charge on any atom is -0.467 e. The van der Waals surface area contributed by atoms with Crippen LogP contribution in [0.4, 0.5) is 10.5 Å². The SMILES string of the molecule is CCC(c1ccco1)N(C(=O)O)c1ccc(S(=O)(=O)N2CCCCC2)cc1. The zero-order valence-electron chi connectivity index (χ0n) is 15.2. The first kappa shape index (κ1) is 19.4. The van der Waals surface area contributed by atoms with E-state index in [9.17, 15) is 18.3 Å². The molecule has 2 heterocycles. The predicted molar refractivity (Wildman–Crippen MR) is 101 cm³/mol. The molecule has 0 radical (unpaired) electrons. The standard InChI is InChI=1S/C19H24N2O5S/c1-2-17(18-7-6-14-26-18)21(19(22)23)15-8-10-16(11-9-15)27(24,25)20-12-4-3-5-13-20/h6-11,14,17H,2-5,12-13H2,1H3,(H,22,23). The minimum absolute atomic E-state index is 0.185. The lowest BCUT2D eigenvalue weighted by atomic mass is 10.1. The van der Waals surface area contributed by atoms with Gasteiger partial charge in [-0.05, 0) is 55.7 Å². The second-order valence-electron chi connectivity index (χ2n) is 6.55. The second kappa shape index (κ2) is 8.14. The van der Waals surface area contributed by atoms with Gasteiger partial charge in [0.05, 0.1) is 17.2 Å². The first-order chi connectivity index (χ1) is 12.9. The van der Waals surface area contributed by atoms with Gasteiger partial charge in [0.15, 0.2) is 0 Å². The topological polar surface area (TPSA) is 91.1 Å². The summed E-state index contributed by atoms with van der Waals surface area (Å²) in [6, 6.07) is 8.99. The lowest BCUT2D eigenvalue weighted by Crippen LogP contribution is -2.36. The maximum Gasteiger partial charge on any atom is 0.412 e. The third-order valence-corrected chi connectivity index (χ3v) is 6.76. The molecule has 1 fully saturated rings. The quantitative estimate of drug-likeness (QED) is 0.799. The molecule has 1 saturated heterocycles. The molecule has 1 aliphatic heterocycles. The lowest BCUT2D eigenvalue weighted by molar-refractivity contribution is 0.197. The van der Waals surface area contributed by atoms with Crippen molar-refractivity contribution in [2.24, 2.45) is 0 Å². The van der Waals surface area contributed by atoms with Crippen LogP contribution in [0, 0.1) is 0 Å². The van der Waals surface area contributed by atoms with Gasteiger partial charge in [-0.3, -0.25) is 4.90 Å². The van der Waals surface area contributed by atoms with Crippen LogP contribution in [0.1, 0.15) is 44.4 Å². The molecular weight excluding hydrogens is 368 g/mol. The summed E-state index contributed by atoms with van der Waals surface area (Å²) in [4.78, 5) is 13.3. The Hall–Kier alpha value is -2.32. The van der Waals surface area contributed by atoms with Gasteiger partial charge in [-0.15, -0.1) is 0 Å². The predicted octanol–water partition coefficient (Wildman–Crippen LogP) is 4.09. The number of carboxylic acid groups (broad SMARTS) is 1. The van der Waals surface area contributed by atoms with E-state index in [0.29, 0.717) is 31.0 Å². The molecule has 0 saturated carbocycles. The highest BCUT2D eigenvalue weighted by Crippen LogP contribution is 2.31. The number of piperidine rings is 1. The van der Waals surface area contributed by atoms with E-state index in [0.717, 1.165) is 19.3 Å². The average molecular weight is 392 g/mol. The Balaban J connectivity index is 1.89. The van der Waals surface area contributed by atoms with Crippen molar-refractivity contribution in [1.29, 1.82) is 0 Å². The molecule has 1 aliphatic rings. The summed E-state index contributed by atoms with van der Waals surface area (Å²) in [7, 11) is -3.54. The number of hydrogen-bond donors (Lipinski definition) is 1. The maximum atomic E-state index is 12.8. The molecule has 0 bridgehead atoms. The normalized spacial score (nSPS) is 16.8. The summed E-state index contributed by atoms with van der Waals surface area (Å²) in [5.41, 5.74) is 0.406. The van der Waals surface area contributed by atoms with Crippen LogP contribution in [-0.4, -0.2) is 37.0 Å². The molecule has 8 heteroatoms. The zero-order valence-corrected chi connectivity index (χ0v) is 16.1. The molecule has 2 aromatic rings. The van der Waals surface area contributed by atoms with Gasteiger partial charge in [0.25, 0.3) is 0 Å². The minimum atomic E-state index is -3.54. The van der Waals surface area contributed by atoms with Gasteiger partial charge in [0.1, 0.15) is 5.76 Å². The van der Waals surface area contributed by atoms with Crippen molar-refractivity contribution in [3.05, 3.63) is 48.4 Å². The van der Waals surface area contributed by atoms with E-state index in [4.69, 9.17) is 4.42 Å². The number of carbonyl (C=O) groups is 1. The molecular formula is C19H24N2O5S. The number of furan rings is 1. The second-order valence-corrected chi connectivity index (χ2v) is 8.49. The molecule has 1 unspecified atom stereocenters. The number of benzene rings is 1. The summed E-state index contributed by atoms with van der Waals surface area (Å²) in [5.74, 6) is 0.546. The molecule has 0 aliphatic carbocycles. The highest BCUT2D eigenvalue weighted by molar-refractivity contribution is 7.89. The van der Waals surface area contributed by atoms with Gasteiger partial charge in [0, 0.05) is 18.8 Å². The third kappa shape index (κ3) is 4.01. The molecule has 1 aromatic carbocycles. The lowest BCUT2D eigenvalue weighted by Gasteiger charge is -2.28. The summed E-state index contributed by atoms with van der Waals surface area (Å²) >= 11 is 0. The smallest absolute Gasteiger partial charge is 0.412 e. The summed E-state index contributed by atoms with van der Waals surface area (Å²) in [6.07, 6.45) is 3.69. The Morgan fingerprint density at radius 3 is 2.37 bits per heavy atom. The van der Waals surface area contributed by atoms with Gasteiger partial charge >= 0.3 is 6.09 Å². The van der Waals surface area contributed by atoms with Crippen molar-refractivity contribution in [2.75, 3.05) is 18.0 Å². The van der Waals surface area contributed by atoms with Crippen molar-refractivity contribution in [1.82, 2.24) is 4.31 Å². The van der Waals surface area contributed by atoms with Crippen LogP contribution in [0.15, 0.2) is 52.0 Å². The monoisotopic (exact) mass is 392 g/mol. The first-order valence-electron chi connectivity index (χ1n) is 9.11. The van der Waals surface area contributed by atoms with Crippen LogP contribution in [0.3, 0.4) is 0 Å². The van der Waals surface area contributed by atoms with Crippen molar-refractivity contribution >= 4 is 21.8 Å². The Bertz CT molecular complexity index is 856. The van der Waals surface area contributed by atoms with E-state index in [1.807, 2.05) is 6.92 Å². The van der Waals surface area contributed by atoms with Gasteiger partial charge in [-0.25, -0.2) is 13.2 Å². The van der Waals surface area contributed by atoms with Gasteiger partial charge in [-0.1, -0.05) is 13.3 Å². The van der Waals surface area contributed by atoms with Crippen LogP contribution in [-0.2, 0) is 10.0 Å². The number of anilines is 1. The molecule has 0 spiro atoms. The van der Waals surface area contributed by atoms with Gasteiger partial charge in [0.2, 0.25) is 10.0 Å². The third-order valence-electron chi connectivity index (χ3n) is 4.84. The Morgan fingerprint density at radius 2 is 1.85 bits per heavy atom. The number of rotatable bonds is 6. The van der Waals surface area contributed by atoms with E-state index in [2.05, 4.69) is 0 Å². The molecule has 3 rings (SSSR count). The molecule has 27 heavy (non-hydrogen) atoms. The molecule has 1 atom stereocenters. The largest absolute Gasteiger partial charge is 0.467 e. The molecule has 1 aromatic heterocycles. The molecule has 146 valence electrons. The summed E-state index contributed by atoms with van der Waals surface area (Å²) in [6.45, 7) is 2.93. The Labute approximate surface area is 159 Å². The van der Waals surface area contributed by atoms with Gasteiger partial charge in [-0.2, -0.15) is 4.31 Å². The van der Waals surface area contributed by atoms with Crippen molar-refractivity contribution in [2.45, 2.75) is 43.5 Å². The van der Waals surface area contributed by atoms with E-state index in [1.54, 1.807) is 12.1 Å². The van der Waals surface area contributed by atoms with E-state index < -0.39 is 22.2 Å². The number of hydrogen-bond acceptors (Lipinski definition) is 4. The number of nitrogens with zero attached hydrogens (tertiary/aromatic N) is 2. The zero-order chi connectivity index (χ0) is 19.4. The fourth-order valence-electron chi connectivity index (χ4n) is 3.45. The Kier molecular flexibility index (Phi) is 5.86. The maximum absolute atomic E-state index is 12.8. The van der Waals surface area contributed by atoms with E-state index >= 15 is 0 Å². The van der Waals surface area contributed by atoms with Crippen molar-refractivity contribution < 1.29 is 22.7 Å². The Morgan fingerprint density at radius 1 is 1.19 bits per heavy atom. The number of amides is 1. The summed E-state index contributed by atoms with van der Waals surface area (Å²) in [5, 5.41) is 9.72. The summed E-state index contributed by atoms with van der Waals surface area (Å²) < 4.78 is 32.4. The van der Waals surface area contributed by atoms with E-state index in [-0.39, 0.29) is 4.90 Å². The molecule has 7 nitrogen and oxygen atoms in total.